The number of nitrogens with one attached hydrogen (secondary N) is 1. The number of nitrogens with zero attached hydrogens (tertiary/aromatic N) is 3. The summed E-state index contributed by atoms with van der Waals surface area (Å²) in [6.45, 7) is 5.69. The van der Waals surface area contributed by atoms with E-state index in [1.807, 2.05) is 37.5 Å². The van der Waals surface area contributed by atoms with Crippen molar-refractivity contribution >= 4 is 22.0 Å². The molecule has 2 aromatic rings. The SMILES string of the molecule is Cc1cc(-n2c(C)cc(/C=N\NC(=O)[C@H]3CCS(=O)(=O)C3)c2C)no1. The minimum absolute atomic E-state index is 0.0626. The first kappa shape index (κ1) is 17.4. The molecule has 0 radical (unpaired) electrons. The summed E-state index contributed by atoms with van der Waals surface area (Å²) in [6, 6.07) is 3.76. The van der Waals surface area contributed by atoms with Gasteiger partial charge in [-0.3, -0.25) is 9.36 Å². The molecule has 0 aliphatic carbocycles. The molecule has 1 N–H and O–H groups in total. The fourth-order valence-electron chi connectivity index (χ4n) is 2.99. The molecule has 1 saturated heterocycles. The number of aryl methyl sites for hydroxylation is 2. The molecule has 0 spiro atoms. The monoisotopic (exact) mass is 364 g/mol. The van der Waals surface area contributed by atoms with Crippen LogP contribution in [0, 0.1) is 26.7 Å². The van der Waals surface area contributed by atoms with Crippen molar-refractivity contribution in [2.75, 3.05) is 11.5 Å². The van der Waals surface area contributed by atoms with E-state index in [2.05, 4.69) is 15.7 Å². The van der Waals surface area contributed by atoms with Crippen LogP contribution >= 0.6 is 0 Å². The number of aromatic nitrogens is 2. The van der Waals surface area contributed by atoms with Gasteiger partial charge in [-0.05, 0) is 33.3 Å². The normalized spacial score (nSPS) is 19.6. The lowest BCUT2D eigenvalue weighted by atomic mass is 10.1. The smallest absolute Gasteiger partial charge is 0.244 e. The molecule has 0 aromatic carbocycles. The average Bonchev–Trinajstić information content (AvgIpc) is 3.18. The van der Waals surface area contributed by atoms with E-state index in [1.165, 1.54) is 0 Å². The van der Waals surface area contributed by atoms with E-state index < -0.39 is 15.8 Å². The first-order valence-electron chi connectivity index (χ1n) is 7.93. The predicted molar refractivity (Wildman–Crippen MR) is 92.5 cm³/mol. The van der Waals surface area contributed by atoms with E-state index in [4.69, 9.17) is 4.52 Å². The first-order chi connectivity index (χ1) is 11.8. The van der Waals surface area contributed by atoms with Crippen molar-refractivity contribution in [2.45, 2.75) is 27.2 Å². The van der Waals surface area contributed by atoms with Gasteiger partial charge >= 0.3 is 0 Å². The van der Waals surface area contributed by atoms with Gasteiger partial charge in [0.05, 0.1) is 23.6 Å². The third-order valence-corrected chi connectivity index (χ3v) is 6.06. The first-order valence-corrected chi connectivity index (χ1v) is 9.75. The molecule has 134 valence electrons. The Bertz CT molecular complexity index is 939. The molecule has 3 heterocycles. The zero-order valence-corrected chi connectivity index (χ0v) is 15.1. The Morgan fingerprint density at radius 3 is 2.76 bits per heavy atom. The standard InChI is InChI=1S/C16H20N4O4S/c1-10-6-14(12(3)20(10)15-7-11(2)24-19-15)8-17-18-16(21)13-4-5-25(22,23)9-13/h6-8,13H,4-5,9H2,1-3H3,(H,18,21)/b17-8-/t13-/m0/s1. The van der Waals surface area contributed by atoms with Crippen LogP contribution in [0.2, 0.25) is 0 Å². The highest BCUT2D eigenvalue weighted by molar-refractivity contribution is 7.91. The fraction of sp³-hybridized carbons (Fsp3) is 0.438. The van der Waals surface area contributed by atoms with E-state index in [9.17, 15) is 13.2 Å². The fourth-order valence-corrected chi connectivity index (χ4v) is 4.73. The van der Waals surface area contributed by atoms with Crippen LogP contribution in [0.1, 0.15) is 29.1 Å². The highest BCUT2D eigenvalue weighted by Gasteiger charge is 2.32. The van der Waals surface area contributed by atoms with Crippen LogP contribution in [0.5, 0.6) is 0 Å². The number of hydrogen-bond donors (Lipinski definition) is 1. The van der Waals surface area contributed by atoms with E-state index in [0.29, 0.717) is 12.2 Å². The quantitative estimate of drug-likeness (QED) is 0.649. The third kappa shape index (κ3) is 3.65. The third-order valence-electron chi connectivity index (χ3n) is 4.30. The minimum atomic E-state index is -3.09. The van der Waals surface area contributed by atoms with Gasteiger partial charge in [0.1, 0.15) is 5.76 Å². The summed E-state index contributed by atoms with van der Waals surface area (Å²) >= 11 is 0. The Morgan fingerprint density at radius 2 is 2.16 bits per heavy atom. The van der Waals surface area contributed by atoms with E-state index in [-0.39, 0.29) is 17.4 Å². The van der Waals surface area contributed by atoms with E-state index in [0.717, 1.165) is 22.7 Å². The molecular formula is C16H20N4O4S. The van der Waals surface area contributed by atoms with Crippen molar-refractivity contribution in [2.24, 2.45) is 11.0 Å². The Hall–Kier alpha value is -2.42. The van der Waals surface area contributed by atoms with E-state index >= 15 is 0 Å². The van der Waals surface area contributed by atoms with Crippen molar-refractivity contribution in [1.82, 2.24) is 15.1 Å². The van der Waals surface area contributed by atoms with Crippen molar-refractivity contribution in [3.63, 3.8) is 0 Å². The zero-order chi connectivity index (χ0) is 18.2. The maximum Gasteiger partial charge on any atom is 0.244 e. The summed E-state index contributed by atoms with van der Waals surface area (Å²) in [7, 11) is -3.09. The van der Waals surface area contributed by atoms with Crippen LogP contribution in [0.3, 0.4) is 0 Å². The molecule has 1 fully saturated rings. The number of rotatable bonds is 4. The van der Waals surface area contributed by atoms with Gasteiger partial charge in [0.15, 0.2) is 15.7 Å². The maximum absolute atomic E-state index is 12.0. The van der Waals surface area contributed by atoms with Crippen molar-refractivity contribution < 1.29 is 17.7 Å². The van der Waals surface area contributed by atoms with Crippen molar-refractivity contribution in [3.05, 3.63) is 34.8 Å². The van der Waals surface area contributed by atoms with Crippen LogP contribution in [0.25, 0.3) is 5.82 Å². The molecule has 0 bridgehead atoms. The summed E-state index contributed by atoms with van der Waals surface area (Å²) in [4.78, 5) is 12.0. The molecule has 2 aromatic heterocycles. The minimum Gasteiger partial charge on any atom is -0.360 e. The molecule has 1 amide bonds. The molecule has 8 nitrogen and oxygen atoms in total. The second-order valence-electron chi connectivity index (χ2n) is 6.29. The molecule has 1 aliphatic heterocycles. The summed E-state index contributed by atoms with van der Waals surface area (Å²) in [6.07, 6.45) is 1.90. The Morgan fingerprint density at radius 1 is 1.40 bits per heavy atom. The van der Waals surface area contributed by atoms with Crippen LogP contribution in [0.4, 0.5) is 0 Å². The molecule has 1 aliphatic rings. The van der Waals surface area contributed by atoms with Crippen molar-refractivity contribution in [3.8, 4) is 5.82 Å². The predicted octanol–water partition coefficient (Wildman–Crippen LogP) is 1.28. The maximum atomic E-state index is 12.0. The Balaban J connectivity index is 1.71. The average molecular weight is 364 g/mol. The number of sulfone groups is 1. The van der Waals surface area contributed by atoms with Crippen molar-refractivity contribution in [1.29, 1.82) is 0 Å². The van der Waals surface area contributed by atoms with E-state index in [1.54, 1.807) is 6.21 Å². The zero-order valence-electron chi connectivity index (χ0n) is 14.3. The van der Waals surface area contributed by atoms with Gasteiger partial charge in [-0.2, -0.15) is 5.10 Å². The summed E-state index contributed by atoms with van der Waals surface area (Å²) in [5.41, 5.74) is 5.13. The lowest BCUT2D eigenvalue weighted by molar-refractivity contribution is -0.124. The molecule has 1 atom stereocenters. The molecule has 0 saturated carbocycles. The van der Waals surface area contributed by atoms with Gasteiger partial charge in [-0.25, -0.2) is 13.8 Å². The number of carbonyl (C=O) groups excluding carboxylic acids is 1. The number of amides is 1. The Kier molecular flexibility index (Phi) is 4.51. The highest BCUT2D eigenvalue weighted by atomic mass is 32.2. The van der Waals surface area contributed by atoms with Crippen LogP contribution in [-0.2, 0) is 14.6 Å². The lowest BCUT2D eigenvalue weighted by Gasteiger charge is -2.05. The topological polar surface area (TPSA) is 107 Å². The number of carbonyl (C=O) groups is 1. The van der Waals surface area contributed by atoms with Crippen LogP contribution in [-0.4, -0.2) is 41.8 Å². The molecule has 9 heteroatoms. The largest absolute Gasteiger partial charge is 0.360 e. The number of hydrazone groups is 1. The van der Waals surface area contributed by atoms with Gasteiger partial charge in [-0.15, -0.1) is 0 Å². The van der Waals surface area contributed by atoms with Gasteiger partial charge in [-0.1, -0.05) is 5.16 Å². The second kappa shape index (κ2) is 6.47. The molecule has 3 rings (SSSR count). The van der Waals surface area contributed by atoms with Crippen LogP contribution < -0.4 is 5.43 Å². The van der Waals surface area contributed by atoms with Crippen LogP contribution in [0.15, 0.2) is 21.8 Å². The highest BCUT2D eigenvalue weighted by Crippen LogP contribution is 2.20. The summed E-state index contributed by atoms with van der Waals surface area (Å²) in [5, 5.41) is 7.98. The molecule has 25 heavy (non-hydrogen) atoms. The van der Waals surface area contributed by atoms with Gasteiger partial charge in [0, 0.05) is 23.0 Å². The summed E-state index contributed by atoms with van der Waals surface area (Å²) < 4.78 is 29.9. The van der Waals surface area contributed by atoms with Gasteiger partial charge in [0.2, 0.25) is 5.91 Å². The number of hydrogen-bond acceptors (Lipinski definition) is 6. The summed E-state index contributed by atoms with van der Waals surface area (Å²) in [5.74, 6) is 0.483. The molecule has 0 unspecified atom stereocenters. The van der Waals surface area contributed by atoms with Gasteiger partial charge < -0.3 is 4.52 Å². The lowest BCUT2D eigenvalue weighted by Crippen LogP contribution is -2.27. The Labute approximate surface area is 145 Å². The second-order valence-corrected chi connectivity index (χ2v) is 8.52. The molecular weight excluding hydrogens is 344 g/mol. The van der Waals surface area contributed by atoms with Gasteiger partial charge in [0.25, 0.3) is 0 Å².